The van der Waals surface area contributed by atoms with E-state index in [0.717, 1.165) is 18.1 Å². The van der Waals surface area contributed by atoms with Crippen molar-refractivity contribution >= 4 is 5.97 Å². The number of hydrogen-bond donors (Lipinski definition) is 0. The lowest BCUT2D eigenvalue weighted by atomic mass is 9.49. The monoisotopic (exact) mass is 192 g/mol. The minimum Gasteiger partial charge on any atom is -0.431 e. The molecular formula is C12H16O2. The van der Waals surface area contributed by atoms with Crippen molar-refractivity contribution in [2.24, 2.45) is 17.3 Å². The van der Waals surface area contributed by atoms with Crippen molar-refractivity contribution in [1.29, 1.82) is 0 Å². The Hall–Kier alpha value is -0.790. The van der Waals surface area contributed by atoms with E-state index in [9.17, 15) is 4.79 Å². The van der Waals surface area contributed by atoms with E-state index in [1.165, 1.54) is 18.4 Å². The Bertz CT molecular complexity index is 338. The van der Waals surface area contributed by atoms with Crippen molar-refractivity contribution in [3.05, 3.63) is 11.3 Å². The molecular weight excluding hydrogens is 176 g/mol. The maximum atomic E-state index is 11.2. The zero-order chi connectivity index (χ0) is 9.92. The summed E-state index contributed by atoms with van der Waals surface area (Å²) in [6, 6.07) is 0. The average Bonchev–Trinajstić information content (AvgIpc) is 2.16. The van der Waals surface area contributed by atoms with Gasteiger partial charge in [0.2, 0.25) is 0 Å². The van der Waals surface area contributed by atoms with Crippen LogP contribution >= 0.6 is 0 Å². The molecule has 1 aliphatic heterocycles. The Balaban J connectivity index is 1.98. The molecule has 0 radical (unpaired) electrons. The van der Waals surface area contributed by atoms with Crippen molar-refractivity contribution < 1.29 is 9.53 Å². The number of esters is 1. The fraction of sp³-hybridized carbons (Fsp3) is 0.750. The first-order chi connectivity index (χ1) is 6.59. The molecule has 0 spiro atoms. The predicted molar refractivity (Wildman–Crippen MR) is 52.3 cm³/mol. The SMILES string of the molecule is CC1(C)C2CC3=C(OC(=O)CC3)C1C2. The van der Waals surface area contributed by atoms with Crippen LogP contribution in [0, 0.1) is 17.3 Å². The molecule has 0 saturated heterocycles. The molecule has 76 valence electrons. The number of ether oxygens (including phenoxy) is 1. The highest BCUT2D eigenvalue weighted by Gasteiger charge is 2.55. The summed E-state index contributed by atoms with van der Waals surface area (Å²) in [5.41, 5.74) is 1.81. The molecule has 14 heavy (non-hydrogen) atoms. The van der Waals surface area contributed by atoms with Crippen LogP contribution in [0.5, 0.6) is 0 Å². The molecule has 2 bridgehead atoms. The van der Waals surface area contributed by atoms with E-state index in [2.05, 4.69) is 13.8 Å². The standard InChI is InChI=1S/C12H16O2/c1-12(2)8-5-7-3-4-10(13)14-11(7)9(12)6-8/h8-9H,3-6H2,1-2H3. The first-order valence-corrected chi connectivity index (χ1v) is 5.51. The van der Waals surface area contributed by atoms with Crippen LogP contribution in [0.15, 0.2) is 11.3 Å². The topological polar surface area (TPSA) is 26.3 Å². The van der Waals surface area contributed by atoms with E-state index < -0.39 is 0 Å². The third-order valence-corrected chi connectivity index (χ3v) is 4.48. The van der Waals surface area contributed by atoms with E-state index in [-0.39, 0.29) is 5.97 Å². The molecule has 0 aromatic rings. The van der Waals surface area contributed by atoms with Crippen molar-refractivity contribution in [3.8, 4) is 0 Å². The molecule has 2 heteroatoms. The first-order valence-electron chi connectivity index (χ1n) is 5.51. The van der Waals surface area contributed by atoms with Crippen LogP contribution in [0.4, 0.5) is 0 Å². The summed E-state index contributed by atoms with van der Waals surface area (Å²) in [4.78, 5) is 11.2. The number of carbonyl (C=O) groups excluding carboxylic acids is 1. The first kappa shape index (κ1) is 8.51. The number of hydrogen-bond acceptors (Lipinski definition) is 2. The van der Waals surface area contributed by atoms with Crippen LogP contribution in [0.3, 0.4) is 0 Å². The zero-order valence-electron chi connectivity index (χ0n) is 8.80. The lowest BCUT2D eigenvalue weighted by molar-refractivity contribution is -0.147. The van der Waals surface area contributed by atoms with Gasteiger partial charge >= 0.3 is 5.97 Å². The van der Waals surface area contributed by atoms with Gasteiger partial charge in [0.05, 0.1) is 0 Å². The third-order valence-electron chi connectivity index (χ3n) is 4.48. The van der Waals surface area contributed by atoms with Gasteiger partial charge < -0.3 is 4.74 Å². The van der Waals surface area contributed by atoms with Gasteiger partial charge in [-0.1, -0.05) is 13.8 Å². The molecule has 3 aliphatic carbocycles. The molecule has 2 unspecified atom stereocenters. The summed E-state index contributed by atoms with van der Waals surface area (Å²) in [5.74, 6) is 2.39. The lowest BCUT2D eigenvalue weighted by Crippen LogP contribution is -2.50. The van der Waals surface area contributed by atoms with Gasteiger partial charge in [-0.2, -0.15) is 0 Å². The number of carbonyl (C=O) groups is 1. The second kappa shape index (κ2) is 2.41. The van der Waals surface area contributed by atoms with Crippen LogP contribution in [0.1, 0.15) is 39.5 Å². The fourth-order valence-corrected chi connectivity index (χ4v) is 3.25. The van der Waals surface area contributed by atoms with Gasteiger partial charge in [0.1, 0.15) is 5.76 Å². The molecule has 4 aliphatic rings. The van der Waals surface area contributed by atoms with Crippen LogP contribution in [-0.2, 0) is 9.53 Å². The van der Waals surface area contributed by atoms with Crippen LogP contribution in [-0.4, -0.2) is 5.97 Å². The van der Waals surface area contributed by atoms with E-state index in [1.54, 1.807) is 0 Å². The Morgan fingerprint density at radius 1 is 1.36 bits per heavy atom. The Morgan fingerprint density at radius 3 is 2.86 bits per heavy atom. The molecule has 4 rings (SSSR count). The van der Waals surface area contributed by atoms with E-state index >= 15 is 0 Å². The van der Waals surface area contributed by atoms with Crippen molar-refractivity contribution in [2.75, 3.05) is 0 Å². The molecule has 1 fully saturated rings. The molecule has 2 atom stereocenters. The summed E-state index contributed by atoms with van der Waals surface area (Å²) in [6.45, 7) is 4.61. The lowest BCUT2D eigenvalue weighted by Gasteiger charge is -2.57. The van der Waals surface area contributed by atoms with Crippen LogP contribution < -0.4 is 0 Å². The molecule has 0 N–H and O–H groups in total. The fourth-order valence-electron chi connectivity index (χ4n) is 3.25. The van der Waals surface area contributed by atoms with Crippen molar-refractivity contribution in [3.63, 3.8) is 0 Å². The molecule has 2 nitrogen and oxygen atoms in total. The highest BCUT2D eigenvalue weighted by molar-refractivity contribution is 5.72. The Labute approximate surface area is 84.3 Å². The highest BCUT2D eigenvalue weighted by atomic mass is 16.5. The summed E-state index contributed by atoms with van der Waals surface area (Å²) in [6.07, 6.45) is 3.96. The van der Waals surface area contributed by atoms with E-state index in [4.69, 9.17) is 4.74 Å². The van der Waals surface area contributed by atoms with Crippen LogP contribution in [0.2, 0.25) is 0 Å². The molecule has 0 amide bonds. The van der Waals surface area contributed by atoms with Gasteiger partial charge in [-0.3, -0.25) is 4.79 Å². The Morgan fingerprint density at radius 2 is 2.14 bits per heavy atom. The largest absolute Gasteiger partial charge is 0.431 e. The quantitative estimate of drug-likeness (QED) is 0.551. The predicted octanol–water partition coefficient (Wildman–Crippen LogP) is 2.64. The molecule has 0 aromatic heterocycles. The minimum atomic E-state index is -0.0232. The second-order valence-electron chi connectivity index (χ2n) is 5.45. The summed E-state index contributed by atoms with van der Waals surface area (Å²) >= 11 is 0. The van der Waals surface area contributed by atoms with E-state index in [0.29, 0.717) is 17.8 Å². The van der Waals surface area contributed by atoms with Gasteiger partial charge in [0, 0.05) is 12.3 Å². The smallest absolute Gasteiger partial charge is 0.311 e. The number of allylic oxidation sites excluding steroid dienone is 2. The molecule has 1 saturated carbocycles. The van der Waals surface area contributed by atoms with Gasteiger partial charge in [-0.25, -0.2) is 0 Å². The molecule has 1 heterocycles. The third kappa shape index (κ3) is 0.891. The normalized spacial score (nSPS) is 38.6. The second-order valence-corrected chi connectivity index (χ2v) is 5.45. The van der Waals surface area contributed by atoms with Crippen molar-refractivity contribution in [2.45, 2.75) is 39.5 Å². The van der Waals surface area contributed by atoms with Crippen LogP contribution in [0.25, 0.3) is 0 Å². The minimum absolute atomic E-state index is 0.0232. The van der Waals surface area contributed by atoms with E-state index in [1.807, 2.05) is 0 Å². The maximum absolute atomic E-state index is 11.2. The highest BCUT2D eigenvalue weighted by Crippen LogP contribution is 2.62. The Kier molecular flexibility index (Phi) is 1.47. The summed E-state index contributed by atoms with van der Waals surface area (Å²) in [7, 11) is 0. The summed E-state index contributed by atoms with van der Waals surface area (Å²) < 4.78 is 5.42. The van der Waals surface area contributed by atoms with Gasteiger partial charge in [-0.15, -0.1) is 0 Å². The maximum Gasteiger partial charge on any atom is 0.311 e. The van der Waals surface area contributed by atoms with Gasteiger partial charge in [0.25, 0.3) is 0 Å². The van der Waals surface area contributed by atoms with Crippen molar-refractivity contribution in [1.82, 2.24) is 0 Å². The summed E-state index contributed by atoms with van der Waals surface area (Å²) in [5, 5.41) is 0. The zero-order valence-corrected chi connectivity index (χ0v) is 8.80. The average molecular weight is 192 g/mol. The number of rotatable bonds is 0. The van der Waals surface area contributed by atoms with Gasteiger partial charge in [0.15, 0.2) is 0 Å². The molecule has 0 aromatic carbocycles. The van der Waals surface area contributed by atoms with Gasteiger partial charge in [-0.05, 0) is 36.2 Å².